The minimum Gasteiger partial charge on any atom is -0.462 e. The Hall–Kier alpha value is -2.11. The Morgan fingerprint density at radius 3 is 2.81 bits per heavy atom. The zero-order valence-corrected chi connectivity index (χ0v) is 12.8. The van der Waals surface area contributed by atoms with Crippen molar-refractivity contribution in [1.29, 1.82) is 0 Å². The Morgan fingerprint density at radius 1 is 1.38 bits per heavy atom. The number of nitrogens with one attached hydrogen (secondary N) is 2. The molecular formula is C15H23N3O3. The Kier molecular flexibility index (Phi) is 7.21. The molecule has 1 rings (SSSR count). The van der Waals surface area contributed by atoms with Crippen molar-refractivity contribution in [2.24, 2.45) is 0 Å². The Morgan fingerprint density at radius 2 is 2.14 bits per heavy atom. The average Bonchev–Trinajstić information content (AvgIpc) is 2.47. The van der Waals surface area contributed by atoms with Gasteiger partial charge in [-0.2, -0.15) is 0 Å². The lowest BCUT2D eigenvalue weighted by molar-refractivity contribution is -0.121. The fraction of sp³-hybridized carbons (Fsp3) is 0.533. The molecule has 6 heteroatoms. The minimum atomic E-state index is -0.419. The number of hydrogen-bond donors (Lipinski definition) is 2. The number of carbonyl (C=O) groups is 2. The topological polar surface area (TPSA) is 80.3 Å². The van der Waals surface area contributed by atoms with Crippen LogP contribution in [0, 0.1) is 0 Å². The summed E-state index contributed by atoms with van der Waals surface area (Å²) in [5.41, 5.74) is 0.377. The highest BCUT2D eigenvalue weighted by atomic mass is 16.5. The fourth-order valence-corrected chi connectivity index (χ4v) is 1.66. The van der Waals surface area contributed by atoms with Crippen LogP contribution in [0.3, 0.4) is 0 Å². The minimum absolute atomic E-state index is 0.0227. The third-order valence-electron chi connectivity index (χ3n) is 2.97. The predicted molar refractivity (Wildman–Crippen MR) is 81.2 cm³/mol. The molecule has 21 heavy (non-hydrogen) atoms. The molecule has 0 aliphatic heterocycles. The second-order valence-corrected chi connectivity index (χ2v) is 4.67. The van der Waals surface area contributed by atoms with Crippen LogP contribution < -0.4 is 10.6 Å². The largest absolute Gasteiger partial charge is 0.462 e. The van der Waals surface area contributed by atoms with Gasteiger partial charge in [-0.05, 0) is 32.4 Å². The van der Waals surface area contributed by atoms with Crippen LogP contribution in [0.25, 0.3) is 0 Å². The summed E-state index contributed by atoms with van der Waals surface area (Å²) in [4.78, 5) is 27.5. The summed E-state index contributed by atoms with van der Waals surface area (Å²) in [7, 11) is 0. The van der Waals surface area contributed by atoms with Gasteiger partial charge in [0.25, 0.3) is 0 Å². The van der Waals surface area contributed by atoms with E-state index in [1.807, 2.05) is 13.8 Å². The van der Waals surface area contributed by atoms with E-state index in [0.29, 0.717) is 31.0 Å². The molecule has 0 radical (unpaired) electrons. The summed E-state index contributed by atoms with van der Waals surface area (Å²) in [5.74, 6) is -0.00471. The van der Waals surface area contributed by atoms with Gasteiger partial charge in [-0.1, -0.05) is 6.92 Å². The molecule has 6 nitrogen and oxygen atoms in total. The Labute approximate surface area is 125 Å². The smallest absolute Gasteiger partial charge is 0.341 e. The Bertz CT molecular complexity index is 477. The zero-order chi connectivity index (χ0) is 15.7. The number of nitrogens with zero attached hydrogens (tertiary/aromatic N) is 1. The van der Waals surface area contributed by atoms with Gasteiger partial charge in [0.2, 0.25) is 5.91 Å². The third-order valence-corrected chi connectivity index (χ3v) is 2.97. The number of rotatable bonds is 8. The van der Waals surface area contributed by atoms with Crippen molar-refractivity contribution in [3.63, 3.8) is 0 Å². The highest BCUT2D eigenvalue weighted by Crippen LogP contribution is 2.12. The van der Waals surface area contributed by atoms with Crippen LogP contribution in [-0.2, 0) is 9.53 Å². The van der Waals surface area contributed by atoms with E-state index in [2.05, 4.69) is 15.6 Å². The second-order valence-electron chi connectivity index (χ2n) is 4.67. The van der Waals surface area contributed by atoms with Crippen LogP contribution in [0.5, 0.6) is 0 Å². The first-order chi connectivity index (χ1) is 10.1. The number of anilines is 1. The molecule has 1 heterocycles. The van der Waals surface area contributed by atoms with Crippen molar-refractivity contribution in [2.75, 3.05) is 18.5 Å². The number of aromatic nitrogens is 1. The number of amides is 1. The standard InChI is InChI=1S/C15H23N3O3/c1-4-11(3)18-13(19)8-10-17-14-12(7-6-9-16-14)15(20)21-5-2/h6-7,9,11H,4-5,8,10H2,1-3H3,(H,16,17)(H,18,19). The molecule has 0 bridgehead atoms. The molecule has 0 spiro atoms. The normalized spacial score (nSPS) is 11.6. The zero-order valence-electron chi connectivity index (χ0n) is 12.8. The van der Waals surface area contributed by atoms with Crippen LogP contribution in [0.1, 0.15) is 44.0 Å². The van der Waals surface area contributed by atoms with Crippen LogP contribution in [0.15, 0.2) is 18.3 Å². The van der Waals surface area contributed by atoms with Crippen molar-refractivity contribution in [3.05, 3.63) is 23.9 Å². The van der Waals surface area contributed by atoms with E-state index in [9.17, 15) is 9.59 Å². The number of hydrogen-bond acceptors (Lipinski definition) is 5. The first kappa shape index (κ1) is 16.9. The maximum absolute atomic E-state index is 11.8. The van der Waals surface area contributed by atoms with Crippen molar-refractivity contribution < 1.29 is 14.3 Å². The molecule has 1 aromatic rings. The molecule has 0 fully saturated rings. The highest BCUT2D eigenvalue weighted by Gasteiger charge is 2.13. The molecule has 0 aliphatic carbocycles. The van der Waals surface area contributed by atoms with Gasteiger partial charge in [0.05, 0.1) is 6.61 Å². The molecule has 1 unspecified atom stereocenters. The van der Waals surface area contributed by atoms with Gasteiger partial charge in [0.15, 0.2) is 0 Å². The lowest BCUT2D eigenvalue weighted by atomic mass is 10.2. The van der Waals surface area contributed by atoms with Gasteiger partial charge in [0.1, 0.15) is 11.4 Å². The van der Waals surface area contributed by atoms with Crippen molar-refractivity contribution in [3.8, 4) is 0 Å². The van der Waals surface area contributed by atoms with Crippen LogP contribution >= 0.6 is 0 Å². The van der Waals surface area contributed by atoms with Gasteiger partial charge < -0.3 is 15.4 Å². The maximum Gasteiger partial charge on any atom is 0.341 e. The van der Waals surface area contributed by atoms with Crippen molar-refractivity contribution in [2.45, 2.75) is 39.7 Å². The highest BCUT2D eigenvalue weighted by molar-refractivity contribution is 5.94. The summed E-state index contributed by atoms with van der Waals surface area (Å²) in [5, 5.41) is 5.88. The summed E-state index contributed by atoms with van der Waals surface area (Å²) in [6.45, 7) is 6.45. The number of carbonyl (C=O) groups excluding carboxylic acids is 2. The van der Waals surface area contributed by atoms with Crippen LogP contribution in [-0.4, -0.2) is 36.1 Å². The predicted octanol–water partition coefficient (Wildman–Crippen LogP) is 1.97. The molecule has 2 N–H and O–H groups in total. The monoisotopic (exact) mass is 293 g/mol. The van der Waals surface area contributed by atoms with Gasteiger partial charge in [-0.15, -0.1) is 0 Å². The van der Waals surface area contributed by atoms with Crippen molar-refractivity contribution >= 4 is 17.7 Å². The summed E-state index contributed by atoms with van der Waals surface area (Å²) in [6, 6.07) is 3.49. The van der Waals surface area contributed by atoms with Crippen molar-refractivity contribution in [1.82, 2.24) is 10.3 Å². The van der Waals surface area contributed by atoms with Crippen LogP contribution in [0.2, 0.25) is 0 Å². The molecule has 0 aromatic carbocycles. The molecule has 1 amide bonds. The average molecular weight is 293 g/mol. The quantitative estimate of drug-likeness (QED) is 0.716. The van der Waals surface area contributed by atoms with Gasteiger partial charge in [-0.3, -0.25) is 4.79 Å². The van der Waals surface area contributed by atoms with E-state index in [1.165, 1.54) is 0 Å². The maximum atomic E-state index is 11.8. The summed E-state index contributed by atoms with van der Waals surface area (Å²) >= 11 is 0. The lowest BCUT2D eigenvalue weighted by Crippen LogP contribution is -2.33. The SMILES string of the molecule is CCOC(=O)c1cccnc1NCCC(=O)NC(C)CC. The molecule has 0 saturated carbocycles. The number of esters is 1. The molecule has 0 aliphatic rings. The lowest BCUT2D eigenvalue weighted by Gasteiger charge is -2.12. The third kappa shape index (κ3) is 5.81. The molecule has 0 saturated heterocycles. The number of pyridine rings is 1. The first-order valence-electron chi connectivity index (χ1n) is 7.23. The molecule has 116 valence electrons. The Balaban J connectivity index is 2.52. The first-order valence-corrected chi connectivity index (χ1v) is 7.23. The van der Waals surface area contributed by atoms with E-state index in [0.717, 1.165) is 6.42 Å². The van der Waals surface area contributed by atoms with E-state index >= 15 is 0 Å². The summed E-state index contributed by atoms with van der Waals surface area (Å²) in [6.07, 6.45) is 2.81. The molecule has 1 atom stereocenters. The van der Waals surface area contributed by atoms with Gasteiger partial charge in [-0.25, -0.2) is 9.78 Å². The summed E-state index contributed by atoms with van der Waals surface area (Å²) < 4.78 is 4.96. The second kappa shape index (κ2) is 8.94. The molecule has 1 aromatic heterocycles. The van der Waals surface area contributed by atoms with Crippen LogP contribution in [0.4, 0.5) is 5.82 Å². The van der Waals surface area contributed by atoms with E-state index in [1.54, 1.807) is 25.3 Å². The molecular weight excluding hydrogens is 270 g/mol. The van der Waals surface area contributed by atoms with E-state index in [-0.39, 0.29) is 11.9 Å². The van der Waals surface area contributed by atoms with E-state index in [4.69, 9.17) is 4.74 Å². The van der Waals surface area contributed by atoms with E-state index < -0.39 is 5.97 Å². The fourth-order valence-electron chi connectivity index (χ4n) is 1.66. The number of ether oxygens (including phenoxy) is 1. The van der Waals surface area contributed by atoms with Gasteiger partial charge in [0, 0.05) is 25.2 Å². The van der Waals surface area contributed by atoms with Gasteiger partial charge >= 0.3 is 5.97 Å².